The second-order valence-corrected chi connectivity index (χ2v) is 6.09. The predicted octanol–water partition coefficient (Wildman–Crippen LogP) is 4.73. The number of hydrogen-bond acceptors (Lipinski definition) is 1. The molecule has 0 amide bonds. The fourth-order valence-corrected chi connectivity index (χ4v) is 2.93. The van der Waals surface area contributed by atoms with Crippen LogP contribution in [0.3, 0.4) is 0 Å². The average Bonchev–Trinajstić information content (AvgIpc) is 2.40. The normalized spacial score (nSPS) is 17.4. The van der Waals surface area contributed by atoms with Crippen LogP contribution >= 0.6 is 0 Å². The fraction of sp³-hybridized carbons (Fsp3) is 0.647. The lowest BCUT2D eigenvalue weighted by Crippen LogP contribution is -2.33. The van der Waals surface area contributed by atoms with Crippen molar-refractivity contribution in [2.75, 3.05) is 18.0 Å². The van der Waals surface area contributed by atoms with Crippen LogP contribution in [0.2, 0.25) is 0 Å². The van der Waals surface area contributed by atoms with Crippen molar-refractivity contribution in [3.05, 3.63) is 30.3 Å². The summed E-state index contributed by atoms with van der Waals surface area (Å²) in [6.45, 7) is 7.16. The molecule has 0 aromatic heterocycles. The van der Waals surface area contributed by atoms with E-state index in [0.29, 0.717) is 0 Å². The molecule has 1 saturated heterocycles. The van der Waals surface area contributed by atoms with Crippen LogP contribution < -0.4 is 4.90 Å². The van der Waals surface area contributed by atoms with E-state index >= 15 is 0 Å². The highest BCUT2D eigenvalue weighted by molar-refractivity contribution is 5.46. The van der Waals surface area contributed by atoms with E-state index in [0.717, 1.165) is 11.8 Å². The first-order valence-corrected chi connectivity index (χ1v) is 7.55. The molecule has 0 N–H and O–H groups in total. The van der Waals surface area contributed by atoms with Crippen molar-refractivity contribution in [3.63, 3.8) is 0 Å². The molecule has 1 heterocycles. The van der Waals surface area contributed by atoms with E-state index in [1.807, 2.05) is 0 Å². The van der Waals surface area contributed by atoms with Gasteiger partial charge in [-0.2, -0.15) is 0 Å². The van der Waals surface area contributed by atoms with Gasteiger partial charge >= 0.3 is 0 Å². The molecule has 1 aromatic carbocycles. The SMILES string of the molecule is CC(C)CCCC1CCN(c2ccccc2)CC1. The van der Waals surface area contributed by atoms with E-state index < -0.39 is 0 Å². The Balaban J connectivity index is 1.71. The van der Waals surface area contributed by atoms with Gasteiger partial charge in [0.2, 0.25) is 0 Å². The highest BCUT2D eigenvalue weighted by Crippen LogP contribution is 2.26. The van der Waals surface area contributed by atoms with E-state index in [9.17, 15) is 0 Å². The van der Waals surface area contributed by atoms with Gasteiger partial charge in [-0.1, -0.05) is 51.3 Å². The third-order valence-corrected chi connectivity index (χ3v) is 4.13. The van der Waals surface area contributed by atoms with Gasteiger partial charge in [-0.15, -0.1) is 0 Å². The Morgan fingerprint density at radius 2 is 1.78 bits per heavy atom. The standard InChI is InChI=1S/C17H27N/c1-15(2)7-6-8-16-11-13-18(14-12-16)17-9-4-3-5-10-17/h3-5,9-10,15-16H,6-8,11-14H2,1-2H3. The molecule has 0 bridgehead atoms. The largest absolute Gasteiger partial charge is 0.372 e. The highest BCUT2D eigenvalue weighted by Gasteiger charge is 2.18. The Hall–Kier alpha value is -0.980. The Morgan fingerprint density at radius 1 is 1.11 bits per heavy atom. The summed E-state index contributed by atoms with van der Waals surface area (Å²) in [4.78, 5) is 2.54. The molecular formula is C17H27N. The zero-order valence-corrected chi connectivity index (χ0v) is 11.9. The third-order valence-electron chi connectivity index (χ3n) is 4.13. The molecule has 0 aliphatic carbocycles. The predicted molar refractivity (Wildman–Crippen MR) is 80.1 cm³/mol. The molecule has 2 rings (SSSR count). The van der Waals surface area contributed by atoms with Crippen molar-refractivity contribution in [3.8, 4) is 0 Å². The van der Waals surface area contributed by atoms with Gasteiger partial charge in [-0.3, -0.25) is 0 Å². The monoisotopic (exact) mass is 245 g/mol. The molecule has 0 spiro atoms. The van der Waals surface area contributed by atoms with E-state index in [2.05, 4.69) is 49.1 Å². The summed E-state index contributed by atoms with van der Waals surface area (Å²) in [7, 11) is 0. The summed E-state index contributed by atoms with van der Waals surface area (Å²) in [6, 6.07) is 10.9. The Kier molecular flexibility index (Phi) is 5.10. The summed E-state index contributed by atoms with van der Waals surface area (Å²) in [5.41, 5.74) is 1.40. The molecule has 1 heteroatoms. The third kappa shape index (κ3) is 4.04. The lowest BCUT2D eigenvalue weighted by atomic mass is 9.90. The van der Waals surface area contributed by atoms with Crippen LogP contribution in [0, 0.1) is 11.8 Å². The molecule has 0 atom stereocenters. The number of nitrogens with zero attached hydrogens (tertiary/aromatic N) is 1. The molecule has 100 valence electrons. The van der Waals surface area contributed by atoms with Gasteiger partial charge in [0.15, 0.2) is 0 Å². The van der Waals surface area contributed by atoms with Gasteiger partial charge < -0.3 is 4.90 Å². The molecule has 0 radical (unpaired) electrons. The van der Waals surface area contributed by atoms with Gasteiger partial charge in [0.05, 0.1) is 0 Å². The van der Waals surface area contributed by atoms with Crippen molar-refractivity contribution in [1.29, 1.82) is 0 Å². The van der Waals surface area contributed by atoms with E-state index in [1.54, 1.807) is 0 Å². The van der Waals surface area contributed by atoms with Crippen LogP contribution in [0.15, 0.2) is 30.3 Å². The number of anilines is 1. The number of rotatable bonds is 5. The maximum atomic E-state index is 2.54. The molecule has 1 nitrogen and oxygen atoms in total. The van der Waals surface area contributed by atoms with Gasteiger partial charge in [-0.05, 0) is 36.8 Å². The van der Waals surface area contributed by atoms with Crippen molar-refractivity contribution in [1.82, 2.24) is 0 Å². The summed E-state index contributed by atoms with van der Waals surface area (Å²) < 4.78 is 0. The van der Waals surface area contributed by atoms with E-state index in [4.69, 9.17) is 0 Å². The van der Waals surface area contributed by atoms with Crippen LogP contribution in [-0.4, -0.2) is 13.1 Å². The molecule has 18 heavy (non-hydrogen) atoms. The van der Waals surface area contributed by atoms with E-state index in [-0.39, 0.29) is 0 Å². The minimum Gasteiger partial charge on any atom is -0.372 e. The smallest absolute Gasteiger partial charge is 0.0366 e. The number of hydrogen-bond donors (Lipinski definition) is 0. The summed E-state index contributed by atoms with van der Waals surface area (Å²) >= 11 is 0. The quantitative estimate of drug-likeness (QED) is 0.725. The van der Waals surface area contributed by atoms with Crippen LogP contribution in [-0.2, 0) is 0 Å². The molecule has 1 fully saturated rings. The Morgan fingerprint density at radius 3 is 2.39 bits per heavy atom. The fourth-order valence-electron chi connectivity index (χ4n) is 2.93. The second kappa shape index (κ2) is 6.82. The topological polar surface area (TPSA) is 3.24 Å². The van der Waals surface area contributed by atoms with Crippen molar-refractivity contribution >= 4 is 5.69 Å². The van der Waals surface area contributed by atoms with Gasteiger partial charge in [0, 0.05) is 18.8 Å². The molecular weight excluding hydrogens is 218 g/mol. The molecule has 1 aliphatic rings. The number of piperidine rings is 1. The summed E-state index contributed by atoms with van der Waals surface area (Å²) in [5, 5.41) is 0. The van der Waals surface area contributed by atoms with E-state index in [1.165, 1.54) is 50.9 Å². The molecule has 1 aromatic rings. The highest BCUT2D eigenvalue weighted by atomic mass is 15.1. The molecule has 0 unspecified atom stereocenters. The first kappa shape index (κ1) is 13.5. The first-order valence-electron chi connectivity index (χ1n) is 7.55. The number of para-hydroxylation sites is 1. The summed E-state index contributed by atoms with van der Waals surface area (Å²) in [5.74, 6) is 1.85. The molecule has 1 aliphatic heterocycles. The van der Waals surface area contributed by atoms with Crippen LogP contribution in [0.5, 0.6) is 0 Å². The second-order valence-electron chi connectivity index (χ2n) is 6.09. The maximum Gasteiger partial charge on any atom is 0.0366 e. The zero-order chi connectivity index (χ0) is 12.8. The average molecular weight is 245 g/mol. The van der Waals surface area contributed by atoms with Gasteiger partial charge in [-0.25, -0.2) is 0 Å². The molecule has 0 saturated carbocycles. The first-order chi connectivity index (χ1) is 8.75. The van der Waals surface area contributed by atoms with Crippen molar-refractivity contribution in [2.45, 2.75) is 46.0 Å². The van der Waals surface area contributed by atoms with Crippen molar-refractivity contribution in [2.24, 2.45) is 11.8 Å². The minimum atomic E-state index is 0.870. The van der Waals surface area contributed by atoms with Crippen LogP contribution in [0.4, 0.5) is 5.69 Å². The maximum absolute atomic E-state index is 2.54. The lowest BCUT2D eigenvalue weighted by Gasteiger charge is -2.33. The Bertz CT molecular complexity index is 323. The van der Waals surface area contributed by atoms with Crippen LogP contribution in [0.25, 0.3) is 0 Å². The Labute approximate surface area is 112 Å². The number of benzene rings is 1. The van der Waals surface area contributed by atoms with Crippen LogP contribution in [0.1, 0.15) is 46.0 Å². The lowest BCUT2D eigenvalue weighted by molar-refractivity contribution is 0.358. The van der Waals surface area contributed by atoms with Crippen molar-refractivity contribution < 1.29 is 0 Å². The van der Waals surface area contributed by atoms with Gasteiger partial charge in [0.25, 0.3) is 0 Å². The zero-order valence-electron chi connectivity index (χ0n) is 11.9. The minimum absolute atomic E-state index is 0.870. The van der Waals surface area contributed by atoms with Gasteiger partial charge in [0.1, 0.15) is 0 Å². The summed E-state index contributed by atoms with van der Waals surface area (Å²) in [6.07, 6.45) is 7.04.